The molecule has 0 amide bonds. The highest BCUT2D eigenvalue weighted by Gasteiger charge is 2.10. The van der Waals surface area contributed by atoms with E-state index in [-0.39, 0.29) is 6.61 Å². The Kier molecular flexibility index (Phi) is 7.57. The minimum absolute atomic E-state index is 0.139. The third-order valence-electron chi connectivity index (χ3n) is 1.70. The van der Waals surface area contributed by atoms with Crippen molar-refractivity contribution in [3.8, 4) is 5.75 Å². The van der Waals surface area contributed by atoms with Gasteiger partial charge in [0.2, 0.25) is 0 Å². The molecular formula is C11H19BO5. The fourth-order valence-corrected chi connectivity index (χ4v) is 1.12. The highest BCUT2D eigenvalue weighted by Crippen LogP contribution is 2.15. The van der Waals surface area contributed by atoms with E-state index in [4.69, 9.17) is 20.3 Å². The molecule has 1 unspecified atom stereocenters. The molecule has 0 spiro atoms. The van der Waals surface area contributed by atoms with E-state index in [9.17, 15) is 0 Å². The third kappa shape index (κ3) is 8.70. The number of rotatable bonds is 3. The summed E-state index contributed by atoms with van der Waals surface area (Å²) in [5.41, 5.74) is 2.07. The molecule has 1 aromatic rings. The maximum absolute atomic E-state index is 8.52. The van der Waals surface area contributed by atoms with Gasteiger partial charge in [-0.3, -0.25) is 0 Å². The van der Waals surface area contributed by atoms with E-state index in [0.717, 1.165) is 11.1 Å². The standard InChI is InChI=1S/C8H11BO3.C3H8O2/c1-6-3-7(2)5-8(4-6)12-9(10)11;1-3(5)2-4/h3-5,10-11H,1-2H3;3-5H,2H2,1H3. The van der Waals surface area contributed by atoms with E-state index in [2.05, 4.69) is 4.65 Å². The molecule has 0 radical (unpaired) electrons. The van der Waals surface area contributed by atoms with Crippen LogP contribution in [0.25, 0.3) is 0 Å². The topological polar surface area (TPSA) is 90.2 Å². The Morgan fingerprint density at radius 1 is 1.18 bits per heavy atom. The molecule has 6 heteroatoms. The molecule has 0 aliphatic carbocycles. The van der Waals surface area contributed by atoms with Gasteiger partial charge in [0.15, 0.2) is 0 Å². The summed E-state index contributed by atoms with van der Waals surface area (Å²) in [6.07, 6.45) is -0.560. The first-order valence-corrected chi connectivity index (χ1v) is 5.25. The second kappa shape index (κ2) is 8.08. The van der Waals surface area contributed by atoms with E-state index in [0.29, 0.717) is 5.75 Å². The molecule has 1 rings (SSSR count). The van der Waals surface area contributed by atoms with Crippen LogP contribution < -0.4 is 4.65 Å². The van der Waals surface area contributed by atoms with Gasteiger partial charge in [-0.05, 0) is 44.0 Å². The molecule has 0 bridgehead atoms. The normalized spacial score (nSPS) is 11.2. The quantitative estimate of drug-likeness (QED) is 0.560. The first-order valence-electron chi connectivity index (χ1n) is 5.25. The zero-order valence-corrected chi connectivity index (χ0v) is 10.3. The molecule has 96 valence electrons. The van der Waals surface area contributed by atoms with Gasteiger partial charge in [-0.2, -0.15) is 0 Å². The zero-order valence-electron chi connectivity index (χ0n) is 10.3. The minimum Gasteiger partial charge on any atom is -0.512 e. The van der Waals surface area contributed by atoms with Gasteiger partial charge in [0.05, 0.1) is 12.7 Å². The Bertz CT molecular complexity index is 307. The van der Waals surface area contributed by atoms with Crippen LogP contribution in [0, 0.1) is 13.8 Å². The monoisotopic (exact) mass is 242 g/mol. The largest absolute Gasteiger partial charge is 0.707 e. The Labute approximate surface area is 101 Å². The molecule has 0 heterocycles. The second-order valence-electron chi connectivity index (χ2n) is 3.80. The van der Waals surface area contributed by atoms with Gasteiger partial charge in [0, 0.05) is 0 Å². The summed E-state index contributed by atoms with van der Waals surface area (Å²) in [6, 6.07) is 5.47. The van der Waals surface area contributed by atoms with Crippen molar-refractivity contribution in [1.82, 2.24) is 0 Å². The molecule has 5 nitrogen and oxygen atoms in total. The van der Waals surface area contributed by atoms with Crippen LogP contribution in [0.5, 0.6) is 5.75 Å². The van der Waals surface area contributed by atoms with E-state index < -0.39 is 13.4 Å². The van der Waals surface area contributed by atoms with Crippen LogP contribution in [-0.4, -0.2) is 40.3 Å². The first kappa shape index (κ1) is 15.9. The molecule has 0 saturated heterocycles. The van der Waals surface area contributed by atoms with E-state index in [1.165, 1.54) is 6.92 Å². The predicted octanol–water partition coefficient (Wildman–Crippen LogP) is 0.0112. The van der Waals surface area contributed by atoms with Gasteiger partial charge in [-0.25, -0.2) is 0 Å². The van der Waals surface area contributed by atoms with Gasteiger partial charge < -0.3 is 24.9 Å². The minimum atomic E-state index is -1.74. The molecule has 0 aromatic heterocycles. The summed E-state index contributed by atoms with van der Waals surface area (Å²) in [4.78, 5) is 0. The molecule has 0 fully saturated rings. The summed E-state index contributed by atoms with van der Waals surface area (Å²) >= 11 is 0. The van der Waals surface area contributed by atoms with Gasteiger partial charge in [-0.1, -0.05) is 6.07 Å². The van der Waals surface area contributed by atoms with Crippen molar-refractivity contribution in [3.63, 3.8) is 0 Å². The highest BCUT2D eigenvalue weighted by molar-refractivity contribution is 6.33. The molecule has 1 aromatic carbocycles. The predicted molar refractivity (Wildman–Crippen MR) is 65.5 cm³/mol. The molecular weight excluding hydrogens is 223 g/mol. The fraction of sp³-hybridized carbons (Fsp3) is 0.455. The zero-order chi connectivity index (χ0) is 13.4. The van der Waals surface area contributed by atoms with Gasteiger partial charge in [-0.15, -0.1) is 0 Å². The van der Waals surface area contributed by atoms with E-state index in [1.54, 1.807) is 12.1 Å². The summed E-state index contributed by atoms with van der Waals surface area (Å²) < 4.78 is 4.69. The average Bonchev–Trinajstić information content (AvgIpc) is 2.15. The number of aryl methyl sites for hydroxylation is 2. The van der Waals surface area contributed by atoms with Crippen molar-refractivity contribution in [2.24, 2.45) is 0 Å². The summed E-state index contributed by atoms with van der Waals surface area (Å²) in [6.45, 7) is 5.23. The lowest BCUT2D eigenvalue weighted by molar-refractivity contribution is 0.110. The van der Waals surface area contributed by atoms with Crippen molar-refractivity contribution < 1.29 is 24.9 Å². The van der Waals surface area contributed by atoms with Crippen molar-refractivity contribution in [1.29, 1.82) is 0 Å². The Morgan fingerprint density at radius 2 is 1.59 bits per heavy atom. The van der Waals surface area contributed by atoms with Crippen LogP contribution in [0.15, 0.2) is 18.2 Å². The lowest BCUT2D eigenvalue weighted by Gasteiger charge is -2.06. The van der Waals surface area contributed by atoms with Crippen molar-refractivity contribution >= 4 is 7.32 Å². The van der Waals surface area contributed by atoms with Crippen LogP contribution in [0.1, 0.15) is 18.1 Å². The van der Waals surface area contributed by atoms with Crippen LogP contribution in [-0.2, 0) is 0 Å². The lowest BCUT2D eigenvalue weighted by atomic mass is 10.1. The molecule has 4 N–H and O–H groups in total. The number of aliphatic hydroxyl groups excluding tert-OH is 2. The maximum atomic E-state index is 8.52. The average molecular weight is 242 g/mol. The fourth-order valence-electron chi connectivity index (χ4n) is 1.12. The third-order valence-corrected chi connectivity index (χ3v) is 1.70. The summed E-state index contributed by atoms with van der Waals surface area (Å²) in [7, 11) is -1.74. The van der Waals surface area contributed by atoms with Crippen LogP contribution >= 0.6 is 0 Å². The van der Waals surface area contributed by atoms with E-state index >= 15 is 0 Å². The second-order valence-corrected chi connectivity index (χ2v) is 3.80. The molecule has 17 heavy (non-hydrogen) atoms. The van der Waals surface area contributed by atoms with Crippen molar-refractivity contribution in [2.75, 3.05) is 6.61 Å². The maximum Gasteiger partial charge on any atom is 0.707 e. The summed E-state index contributed by atoms with van der Waals surface area (Å²) in [5.74, 6) is 0.475. The van der Waals surface area contributed by atoms with Crippen molar-refractivity contribution in [2.45, 2.75) is 26.9 Å². The Balaban J connectivity index is 0.000000437. The highest BCUT2D eigenvalue weighted by atomic mass is 16.6. The van der Waals surface area contributed by atoms with Crippen LogP contribution in [0.4, 0.5) is 0 Å². The summed E-state index contributed by atoms with van der Waals surface area (Å²) in [5, 5.41) is 33.0. The molecule has 0 saturated carbocycles. The lowest BCUT2D eigenvalue weighted by Crippen LogP contribution is -2.20. The number of hydrogen-bond acceptors (Lipinski definition) is 5. The number of hydrogen-bond donors (Lipinski definition) is 4. The molecule has 0 aliphatic rings. The number of benzene rings is 1. The van der Waals surface area contributed by atoms with Gasteiger partial charge in [0.25, 0.3) is 0 Å². The first-order chi connectivity index (χ1) is 7.85. The number of aliphatic hydroxyl groups is 2. The van der Waals surface area contributed by atoms with Gasteiger partial charge >= 0.3 is 7.32 Å². The SMILES string of the molecule is CC(O)CO.Cc1cc(C)cc(OB(O)O)c1. The molecule has 0 aliphatic heterocycles. The Hall–Kier alpha value is -1.08. The van der Waals surface area contributed by atoms with E-state index in [1.807, 2.05) is 19.9 Å². The smallest absolute Gasteiger partial charge is 0.512 e. The molecule has 1 atom stereocenters. The Morgan fingerprint density at radius 3 is 1.88 bits per heavy atom. The van der Waals surface area contributed by atoms with Crippen LogP contribution in [0.3, 0.4) is 0 Å². The van der Waals surface area contributed by atoms with Gasteiger partial charge in [0.1, 0.15) is 5.75 Å². The van der Waals surface area contributed by atoms with Crippen molar-refractivity contribution in [3.05, 3.63) is 29.3 Å². The van der Waals surface area contributed by atoms with Crippen LogP contribution in [0.2, 0.25) is 0 Å².